The highest BCUT2D eigenvalue weighted by Gasteiger charge is 2.15. The van der Waals surface area contributed by atoms with Crippen LogP contribution in [0.3, 0.4) is 0 Å². The van der Waals surface area contributed by atoms with Crippen LogP contribution in [-0.2, 0) is 6.42 Å². The van der Waals surface area contributed by atoms with Crippen molar-refractivity contribution >= 4 is 0 Å². The fourth-order valence-corrected chi connectivity index (χ4v) is 1.47. The number of rotatable bonds is 0. The Morgan fingerprint density at radius 2 is 2.55 bits per heavy atom. The number of nitrogens with one attached hydrogen (secondary N) is 1. The highest BCUT2D eigenvalue weighted by atomic mass is 15.0. The number of hydrogen-bond donors (Lipinski definition) is 1. The summed E-state index contributed by atoms with van der Waals surface area (Å²) in [5.74, 6) is 0. The second-order valence-electron chi connectivity index (χ2n) is 2.86. The van der Waals surface area contributed by atoms with E-state index in [1.807, 2.05) is 6.20 Å². The lowest BCUT2D eigenvalue weighted by atomic mass is 10.0. The Labute approximate surface area is 65.9 Å². The van der Waals surface area contributed by atoms with Crippen LogP contribution in [0.1, 0.15) is 24.2 Å². The average molecular weight is 149 g/mol. The van der Waals surface area contributed by atoms with Gasteiger partial charge in [-0.25, -0.2) is 9.97 Å². The lowest BCUT2D eigenvalue weighted by Gasteiger charge is -2.21. The van der Waals surface area contributed by atoms with E-state index < -0.39 is 0 Å². The highest BCUT2D eigenvalue weighted by Crippen LogP contribution is 2.17. The van der Waals surface area contributed by atoms with Gasteiger partial charge in [0, 0.05) is 12.2 Å². The molecule has 2 heterocycles. The summed E-state index contributed by atoms with van der Waals surface area (Å²) < 4.78 is 0. The topological polar surface area (TPSA) is 37.8 Å². The molecule has 0 radical (unpaired) electrons. The largest absolute Gasteiger partial charge is 0.309 e. The molecule has 0 saturated carbocycles. The van der Waals surface area contributed by atoms with Gasteiger partial charge in [-0.05, 0) is 25.5 Å². The third-order valence-corrected chi connectivity index (χ3v) is 2.08. The van der Waals surface area contributed by atoms with Crippen LogP contribution in [0.2, 0.25) is 0 Å². The summed E-state index contributed by atoms with van der Waals surface area (Å²) in [7, 11) is 0. The zero-order valence-corrected chi connectivity index (χ0v) is 6.54. The van der Waals surface area contributed by atoms with Gasteiger partial charge in [-0.15, -0.1) is 0 Å². The molecule has 0 bridgehead atoms. The molecule has 0 aromatic carbocycles. The lowest BCUT2D eigenvalue weighted by molar-refractivity contribution is 0.523. The third-order valence-electron chi connectivity index (χ3n) is 2.08. The van der Waals surface area contributed by atoms with Crippen molar-refractivity contribution < 1.29 is 0 Å². The van der Waals surface area contributed by atoms with Crippen LogP contribution in [0.4, 0.5) is 0 Å². The first-order valence-corrected chi connectivity index (χ1v) is 3.90. The van der Waals surface area contributed by atoms with E-state index in [4.69, 9.17) is 0 Å². The van der Waals surface area contributed by atoms with E-state index >= 15 is 0 Å². The van der Waals surface area contributed by atoms with Gasteiger partial charge in [0.05, 0.1) is 5.69 Å². The maximum atomic E-state index is 4.23. The summed E-state index contributed by atoms with van der Waals surface area (Å²) in [5, 5.41) is 3.35. The zero-order chi connectivity index (χ0) is 7.68. The van der Waals surface area contributed by atoms with Crippen LogP contribution in [0.5, 0.6) is 0 Å². The minimum Gasteiger partial charge on any atom is -0.309 e. The first-order chi connectivity index (χ1) is 5.38. The summed E-state index contributed by atoms with van der Waals surface area (Å²) in [6, 6.07) is 0.391. The second kappa shape index (κ2) is 2.58. The molecule has 1 aliphatic heterocycles. The van der Waals surface area contributed by atoms with E-state index in [0.717, 1.165) is 18.7 Å². The fourth-order valence-electron chi connectivity index (χ4n) is 1.47. The van der Waals surface area contributed by atoms with Crippen molar-refractivity contribution in [2.24, 2.45) is 0 Å². The van der Waals surface area contributed by atoms with Crippen LogP contribution in [-0.4, -0.2) is 16.5 Å². The van der Waals surface area contributed by atoms with Gasteiger partial charge < -0.3 is 5.32 Å². The van der Waals surface area contributed by atoms with Crippen LogP contribution < -0.4 is 5.32 Å². The molecule has 0 fully saturated rings. The molecule has 2 rings (SSSR count). The minimum absolute atomic E-state index is 0.391. The first-order valence-electron chi connectivity index (χ1n) is 3.90. The van der Waals surface area contributed by atoms with Gasteiger partial charge in [0.25, 0.3) is 0 Å². The van der Waals surface area contributed by atoms with Gasteiger partial charge in [0.2, 0.25) is 0 Å². The van der Waals surface area contributed by atoms with Gasteiger partial charge in [0.1, 0.15) is 6.33 Å². The van der Waals surface area contributed by atoms with Crippen LogP contribution in [0.15, 0.2) is 12.5 Å². The van der Waals surface area contributed by atoms with Crippen molar-refractivity contribution in [1.82, 2.24) is 15.3 Å². The predicted molar refractivity (Wildman–Crippen MR) is 42.2 cm³/mol. The van der Waals surface area contributed by atoms with Crippen molar-refractivity contribution in [3.63, 3.8) is 0 Å². The maximum Gasteiger partial charge on any atom is 0.115 e. The van der Waals surface area contributed by atoms with E-state index in [0.29, 0.717) is 6.04 Å². The molecule has 3 heteroatoms. The Hall–Kier alpha value is -0.960. The highest BCUT2D eigenvalue weighted by molar-refractivity contribution is 5.21. The van der Waals surface area contributed by atoms with Crippen molar-refractivity contribution in [3.8, 4) is 0 Å². The maximum absolute atomic E-state index is 4.23. The summed E-state index contributed by atoms with van der Waals surface area (Å²) >= 11 is 0. The summed E-state index contributed by atoms with van der Waals surface area (Å²) in [4.78, 5) is 8.22. The van der Waals surface area contributed by atoms with Gasteiger partial charge in [-0.3, -0.25) is 0 Å². The molecule has 0 aliphatic carbocycles. The van der Waals surface area contributed by atoms with Crippen LogP contribution >= 0.6 is 0 Å². The van der Waals surface area contributed by atoms with E-state index in [1.54, 1.807) is 6.33 Å². The smallest absolute Gasteiger partial charge is 0.115 e. The normalized spacial score (nSPS) is 22.8. The summed E-state index contributed by atoms with van der Waals surface area (Å²) in [5.41, 5.74) is 2.45. The lowest BCUT2D eigenvalue weighted by Crippen LogP contribution is -2.28. The Bertz CT molecular complexity index is 259. The molecule has 58 valence electrons. The molecule has 1 aromatic heterocycles. The van der Waals surface area contributed by atoms with E-state index in [2.05, 4.69) is 22.2 Å². The summed E-state index contributed by atoms with van der Waals surface area (Å²) in [6.45, 7) is 3.17. The Kier molecular flexibility index (Phi) is 1.58. The molecular weight excluding hydrogens is 138 g/mol. The van der Waals surface area contributed by atoms with Gasteiger partial charge in [0.15, 0.2) is 0 Å². The third kappa shape index (κ3) is 1.12. The van der Waals surface area contributed by atoms with Crippen molar-refractivity contribution in [3.05, 3.63) is 23.8 Å². The number of fused-ring (bicyclic) bond motifs is 1. The van der Waals surface area contributed by atoms with Crippen molar-refractivity contribution in [1.29, 1.82) is 0 Å². The van der Waals surface area contributed by atoms with Crippen LogP contribution in [0, 0.1) is 0 Å². The molecule has 1 N–H and O–H groups in total. The van der Waals surface area contributed by atoms with Gasteiger partial charge >= 0.3 is 0 Å². The molecule has 0 saturated heterocycles. The van der Waals surface area contributed by atoms with E-state index in [9.17, 15) is 0 Å². The monoisotopic (exact) mass is 149 g/mol. The molecular formula is C8H11N3. The molecule has 1 aromatic rings. The molecule has 0 spiro atoms. The van der Waals surface area contributed by atoms with Crippen LogP contribution in [0.25, 0.3) is 0 Å². The Morgan fingerprint density at radius 1 is 1.64 bits per heavy atom. The number of aromatic nitrogens is 2. The minimum atomic E-state index is 0.391. The zero-order valence-electron chi connectivity index (χ0n) is 6.54. The fraction of sp³-hybridized carbons (Fsp3) is 0.500. The standard InChI is InChI=1S/C8H11N3/c1-6-8-7(2-3-10-6)4-9-5-11-8/h4-6,10H,2-3H2,1H3. The molecule has 1 unspecified atom stereocenters. The van der Waals surface area contributed by atoms with Gasteiger partial charge in [-0.2, -0.15) is 0 Å². The quantitative estimate of drug-likeness (QED) is 0.589. The molecule has 11 heavy (non-hydrogen) atoms. The van der Waals surface area contributed by atoms with Gasteiger partial charge in [-0.1, -0.05) is 0 Å². The Balaban J connectivity index is 2.44. The Morgan fingerprint density at radius 3 is 3.36 bits per heavy atom. The van der Waals surface area contributed by atoms with Crippen molar-refractivity contribution in [2.75, 3.05) is 6.54 Å². The average Bonchev–Trinajstić information content (AvgIpc) is 2.06. The number of nitrogens with zero attached hydrogens (tertiary/aromatic N) is 2. The molecule has 1 aliphatic rings. The van der Waals surface area contributed by atoms with E-state index in [1.165, 1.54) is 5.56 Å². The second-order valence-corrected chi connectivity index (χ2v) is 2.86. The predicted octanol–water partition coefficient (Wildman–Crippen LogP) is 0.683. The molecule has 0 amide bonds. The SMILES string of the molecule is CC1NCCc2cncnc21. The summed E-state index contributed by atoms with van der Waals surface area (Å²) in [6.07, 6.45) is 4.59. The molecule has 3 nitrogen and oxygen atoms in total. The van der Waals surface area contributed by atoms with Crippen molar-refractivity contribution in [2.45, 2.75) is 19.4 Å². The van der Waals surface area contributed by atoms with E-state index in [-0.39, 0.29) is 0 Å². The number of hydrogen-bond acceptors (Lipinski definition) is 3. The molecule has 1 atom stereocenters. The first kappa shape index (κ1) is 6.73.